The minimum absolute atomic E-state index is 0.0537. The molecule has 0 radical (unpaired) electrons. The van der Waals surface area contributed by atoms with Gasteiger partial charge in [-0.1, -0.05) is 29.8 Å². The van der Waals surface area contributed by atoms with Crippen LogP contribution in [0, 0.1) is 0 Å². The van der Waals surface area contributed by atoms with Crippen LogP contribution < -0.4 is 0 Å². The molecule has 0 saturated heterocycles. The topological polar surface area (TPSA) is 51.6 Å². The molecule has 4 nitrogen and oxygen atoms in total. The highest BCUT2D eigenvalue weighted by atomic mass is 35.5. The van der Waals surface area contributed by atoms with Crippen molar-refractivity contribution in [3.8, 4) is 16.5 Å². The van der Waals surface area contributed by atoms with Gasteiger partial charge in [-0.25, -0.2) is 14.8 Å². The van der Waals surface area contributed by atoms with Crippen molar-refractivity contribution >= 4 is 22.9 Å². The first-order valence-electron chi connectivity index (χ1n) is 4.81. The minimum Gasteiger partial charge on any atom is -0.492 e. The molecule has 0 aliphatic rings. The Hall–Kier alpha value is -1.14. The van der Waals surface area contributed by atoms with Gasteiger partial charge < -0.3 is 5.11 Å². The highest BCUT2D eigenvalue weighted by Crippen LogP contribution is 2.35. The van der Waals surface area contributed by atoms with Crippen LogP contribution in [0.4, 0.5) is 0 Å². The number of aromatic nitrogens is 1. The molecule has 1 heterocycles. The molecule has 1 N–H and O–H groups in total. The summed E-state index contributed by atoms with van der Waals surface area (Å²) in [6, 6.07) is 7.33. The Morgan fingerprint density at radius 1 is 1.41 bits per heavy atom. The molecular weight excluding hydrogens is 262 g/mol. The van der Waals surface area contributed by atoms with Gasteiger partial charge in [-0.2, -0.15) is 0 Å². The molecule has 0 fully saturated rings. The summed E-state index contributed by atoms with van der Waals surface area (Å²) in [5.41, 5.74) is 0.790. The second kappa shape index (κ2) is 5.46. The van der Waals surface area contributed by atoms with Crippen LogP contribution in [-0.4, -0.2) is 17.2 Å². The first kappa shape index (κ1) is 12.3. The van der Waals surface area contributed by atoms with E-state index in [0.29, 0.717) is 14.9 Å². The lowest BCUT2D eigenvalue weighted by atomic mass is 10.2. The zero-order valence-corrected chi connectivity index (χ0v) is 10.6. The number of hydrogen-bond donors (Lipinski definition) is 1. The van der Waals surface area contributed by atoms with Crippen molar-refractivity contribution in [3.63, 3.8) is 0 Å². The molecule has 1 aromatic heterocycles. The van der Waals surface area contributed by atoms with Gasteiger partial charge in [0.1, 0.15) is 11.6 Å². The number of aromatic hydroxyl groups is 1. The molecule has 90 valence electrons. The summed E-state index contributed by atoms with van der Waals surface area (Å²) in [6.45, 7) is 0.157. The molecule has 0 atom stereocenters. The Balaban J connectivity index is 2.31. The second-order valence-electron chi connectivity index (χ2n) is 3.17. The van der Waals surface area contributed by atoms with Gasteiger partial charge in [-0.3, -0.25) is 0 Å². The zero-order valence-electron chi connectivity index (χ0n) is 9.01. The lowest BCUT2D eigenvalue weighted by Gasteiger charge is -1.97. The van der Waals surface area contributed by atoms with E-state index in [4.69, 9.17) is 16.5 Å². The summed E-state index contributed by atoms with van der Waals surface area (Å²) in [6.07, 6.45) is 0. The Morgan fingerprint density at radius 2 is 2.18 bits per heavy atom. The molecule has 0 aliphatic carbocycles. The van der Waals surface area contributed by atoms with E-state index in [0.717, 1.165) is 5.56 Å². The van der Waals surface area contributed by atoms with Gasteiger partial charge in [0.15, 0.2) is 0 Å². The van der Waals surface area contributed by atoms with E-state index in [2.05, 4.69) is 9.87 Å². The van der Waals surface area contributed by atoms with E-state index in [1.54, 1.807) is 6.07 Å². The first-order chi connectivity index (χ1) is 8.22. The third-order valence-corrected chi connectivity index (χ3v) is 3.47. The predicted molar refractivity (Wildman–Crippen MR) is 66.0 cm³/mol. The van der Waals surface area contributed by atoms with Gasteiger partial charge in [0.2, 0.25) is 5.88 Å². The molecule has 0 aliphatic heterocycles. The van der Waals surface area contributed by atoms with E-state index >= 15 is 0 Å². The normalized spacial score (nSPS) is 10.7. The molecule has 2 rings (SSSR count). The van der Waals surface area contributed by atoms with Crippen LogP contribution in [0.3, 0.4) is 0 Å². The maximum Gasteiger partial charge on any atom is 0.228 e. The number of hydrogen-bond acceptors (Lipinski definition) is 5. The average Bonchev–Trinajstić information content (AvgIpc) is 2.68. The molecule has 0 bridgehead atoms. The van der Waals surface area contributed by atoms with Crippen LogP contribution in [0.2, 0.25) is 5.02 Å². The minimum atomic E-state index is -0.0537. The van der Waals surface area contributed by atoms with Crippen LogP contribution in [0.25, 0.3) is 10.6 Å². The first-order valence-corrected chi connectivity index (χ1v) is 6.01. The largest absolute Gasteiger partial charge is 0.492 e. The highest BCUT2D eigenvalue weighted by Gasteiger charge is 2.13. The second-order valence-corrected chi connectivity index (χ2v) is 4.67. The van der Waals surface area contributed by atoms with E-state index in [1.165, 1.54) is 18.4 Å². The van der Waals surface area contributed by atoms with E-state index in [-0.39, 0.29) is 12.5 Å². The fourth-order valence-electron chi connectivity index (χ4n) is 1.30. The number of halogens is 1. The Labute approximate surface area is 107 Å². The molecule has 0 spiro atoms. The van der Waals surface area contributed by atoms with Crippen LogP contribution in [0.15, 0.2) is 24.3 Å². The van der Waals surface area contributed by atoms with Crippen molar-refractivity contribution in [2.24, 2.45) is 0 Å². The van der Waals surface area contributed by atoms with Gasteiger partial charge in [-0.05, 0) is 6.07 Å². The van der Waals surface area contributed by atoms with Crippen LogP contribution in [0.1, 0.15) is 4.88 Å². The van der Waals surface area contributed by atoms with E-state index < -0.39 is 0 Å². The summed E-state index contributed by atoms with van der Waals surface area (Å²) in [5.74, 6) is -0.0537. The average molecular weight is 272 g/mol. The van der Waals surface area contributed by atoms with Crippen molar-refractivity contribution < 1.29 is 14.9 Å². The van der Waals surface area contributed by atoms with Crippen molar-refractivity contribution in [1.29, 1.82) is 0 Å². The van der Waals surface area contributed by atoms with Gasteiger partial charge in [-0.15, -0.1) is 11.3 Å². The number of rotatable bonds is 4. The number of nitrogens with zero attached hydrogens (tertiary/aromatic N) is 1. The summed E-state index contributed by atoms with van der Waals surface area (Å²) in [5, 5.41) is 10.9. The van der Waals surface area contributed by atoms with Gasteiger partial charge in [0.05, 0.1) is 17.0 Å². The predicted octanol–water partition coefficient (Wildman–Crippen LogP) is 3.25. The van der Waals surface area contributed by atoms with Crippen molar-refractivity contribution in [1.82, 2.24) is 4.98 Å². The monoisotopic (exact) mass is 271 g/mol. The molecule has 1 aromatic carbocycles. The molecule has 0 unspecified atom stereocenters. The zero-order chi connectivity index (χ0) is 12.3. The van der Waals surface area contributed by atoms with Crippen LogP contribution in [-0.2, 0) is 16.4 Å². The molecular formula is C11H10ClNO3S. The number of benzene rings is 1. The lowest BCUT2D eigenvalue weighted by molar-refractivity contribution is -0.281. The fourth-order valence-corrected chi connectivity index (χ4v) is 2.48. The Kier molecular flexibility index (Phi) is 3.96. The maximum absolute atomic E-state index is 9.63. The Morgan fingerprint density at radius 3 is 2.88 bits per heavy atom. The van der Waals surface area contributed by atoms with Gasteiger partial charge >= 0.3 is 0 Å². The molecule has 2 aromatic rings. The third-order valence-electron chi connectivity index (χ3n) is 2.09. The Bertz CT molecular complexity index is 515. The van der Waals surface area contributed by atoms with Crippen molar-refractivity contribution in [3.05, 3.63) is 34.2 Å². The SMILES string of the molecule is COOCc1sc(-c2ccccc2Cl)nc1O. The molecule has 17 heavy (non-hydrogen) atoms. The van der Waals surface area contributed by atoms with E-state index in [9.17, 15) is 5.11 Å². The smallest absolute Gasteiger partial charge is 0.228 e. The van der Waals surface area contributed by atoms with Crippen LogP contribution in [0.5, 0.6) is 5.88 Å². The standard InChI is InChI=1S/C11H10ClNO3S/c1-15-16-6-9-10(14)13-11(17-9)7-4-2-3-5-8(7)12/h2-5,14H,6H2,1H3. The fraction of sp³-hybridized carbons (Fsp3) is 0.182. The number of thiazole rings is 1. The summed E-state index contributed by atoms with van der Waals surface area (Å²) < 4.78 is 0. The molecule has 0 saturated carbocycles. The molecule has 0 amide bonds. The van der Waals surface area contributed by atoms with E-state index in [1.807, 2.05) is 18.2 Å². The summed E-state index contributed by atoms with van der Waals surface area (Å²) >= 11 is 7.37. The summed E-state index contributed by atoms with van der Waals surface area (Å²) in [4.78, 5) is 13.9. The highest BCUT2D eigenvalue weighted by molar-refractivity contribution is 7.15. The summed E-state index contributed by atoms with van der Waals surface area (Å²) in [7, 11) is 1.41. The lowest BCUT2D eigenvalue weighted by Crippen LogP contribution is -1.87. The van der Waals surface area contributed by atoms with Gasteiger partial charge in [0, 0.05) is 5.56 Å². The van der Waals surface area contributed by atoms with Crippen molar-refractivity contribution in [2.75, 3.05) is 7.11 Å². The quantitative estimate of drug-likeness (QED) is 0.685. The third kappa shape index (κ3) is 2.76. The van der Waals surface area contributed by atoms with Crippen LogP contribution >= 0.6 is 22.9 Å². The van der Waals surface area contributed by atoms with Crippen molar-refractivity contribution in [2.45, 2.75) is 6.61 Å². The molecule has 6 heteroatoms. The maximum atomic E-state index is 9.63. The van der Waals surface area contributed by atoms with Gasteiger partial charge in [0.25, 0.3) is 0 Å².